The van der Waals surface area contributed by atoms with Crippen LogP contribution in [0.15, 0.2) is 41.5 Å². The fraction of sp³-hybridized carbons (Fsp3) is 0.318. The molecule has 1 unspecified atom stereocenters. The van der Waals surface area contributed by atoms with E-state index in [2.05, 4.69) is 15.8 Å². The first-order valence-electron chi connectivity index (χ1n) is 9.88. The molecule has 2 amide bonds. The topological polar surface area (TPSA) is 118 Å². The van der Waals surface area contributed by atoms with Crippen molar-refractivity contribution >= 4 is 18.0 Å². The number of hydrazone groups is 1. The minimum Gasteiger partial charge on any atom is -0.504 e. The number of carbonyl (C=O) groups is 2. The van der Waals surface area contributed by atoms with E-state index in [1.165, 1.54) is 12.3 Å². The van der Waals surface area contributed by atoms with Gasteiger partial charge in [-0.25, -0.2) is 5.43 Å². The SMILES string of the molecule is CCOc1cc(/C=N/NC(=O)C(NC(=O)c2ccc3c(c2)OCO3)C(C)C)ccc1O. The second kappa shape index (κ2) is 9.84. The quantitative estimate of drug-likeness (QED) is 0.440. The number of fused-ring (bicyclic) bond motifs is 1. The summed E-state index contributed by atoms with van der Waals surface area (Å²) in [6.07, 6.45) is 1.43. The molecule has 1 aliphatic rings. The number of ether oxygens (including phenoxy) is 3. The molecule has 3 rings (SSSR count). The molecule has 164 valence electrons. The summed E-state index contributed by atoms with van der Waals surface area (Å²) >= 11 is 0. The van der Waals surface area contributed by atoms with Crippen LogP contribution in [0.2, 0.25) is 0 Å². The van der Waals surface area contributed by atoms with Crippen molar-refractivity contribution in [2.75, 3.05) is 13.4 Å². The molecule has 0 bridgehead atoms. The van der Waals surface area contributed by atoms with E-state index >= 15 is 0 Å². The molecule has 0 radical (unpaired) electrons. The Kier molecular flexibility index (Phi) is 6.96. The Labute approximate surface area is 180 Å². The number of rotatable bonds is 8. The first-order chi connectivity index (χ1) is 14.9. The van der Waals surface area contributed by atoms with Crippen molar-refractivity contribution in [2.24, 2.45) is 11.0 Å². The van der Waals surface area contributed by atoms with Gasteiger partial charge in [-0.15, -0.1) is 0 Å². The van der Waals surface area contributed by atoms with Gasteiger partial charge in [-0.05, 0) is 54.8 Å². The number of phenolic OH excluding ortho intramolecular Hbond substituents is 1. The number of nitrogens with one attached hydrogen (secondary N) is 2. The van der Waals surface area contributed by atoms with E-state index in [0.29, 0.717) is 35.0 Å². The maximum atomic E-state index is 12.6. The van der Waals surface area contributed by atoms with E-state index in [9.17, 15) is 14.7 Å². The highest BCUT2D eigenvalue weighted by atomic mass is 16.7. The van der Waals surface area contributed by atoms with Crippen LogP contribution in [0.25, 0.3) is 0 Å². The Balaban J connectivity index is 1.63. The van der Waals surface area contributed by atoms with Crippen LogP contribution in [-0.4, -0.2) is 42.6 Å². The lowest BCUT2D eigenvalue weighted by Gasteiger charge is -2.20. The van der Waals surface area contributed by atoms with E-state index in [1.807, 2.05) is 20.8 Å². The summed E-state index contributed by atoms with van der Waals surface area (Å²) in [5.41, 5.74) is 3.44. The molecule has 1 aliphatic heterocycles. The molecule has 0 spiro atoms. The predicted octanol–water partition coefficient (Wildman–Crippen LogP) is 2.42. The van der Waals surface area contributed by atoms with Gasteiger partial charge in [-0.3, -0.25) is 9.59 Å². The average molecular weight is 427 g/mol. The zero-order valence-corrected chi connectivity index (χ0v) is 17.5. The molecule has 1 atom stereocenters. The number of aromatic hydroxyl groups is 1. The monoisotopic (exact) mass is 427 g/mol. The van der Waals surface area contributed by atoms with Crippen molar-refractivity contribution in [3.63, 3.8) is 0 Å². The lowest BCUT2D eigenvalue weighted by atomic mass is 10.0. The van der Waals surface area contributed by atoms with E-state index in [1.54, 1.807) is 30.3 Å². The van der Waals surface area contributed by atoms with Gasteiger partial charge in [-0.1, -0.05) is 13.8 Å². The Morgan fingerprint density at radius 2 is 1.97 bits per heavy atom. The van der Waals surface area contributed by atoms with E-state index in [0.717, 1.165) is 0 Å². The van der Waals surface area contributed by atoms with Crippen molar-refractivity contribution in [3.05, 3.63) is 47.5 Å². The lowest BCUT2D eigenvalue weighted by Crippen LogP contribution is -2.48. The Bertz CT molecular complexity index is 989. The van der Waals surface area contributed by atoms with Crippen LogP contribution in [0.4, 0.5) is 0 Å². The van der Waals surface area contributed by atoms with Gasteiger partial charge in [0, 0.05) is 5.56 Å². The Hall–Kier alpha value is -3.75. The maximum absolute atomic E-state index is 12.6. The number of hydrogen-bond acceptors (Lipinski definition) is 7. The van der Waals surface area contributed by atoms with Gasteiger partial charge in [0.2, 0.25) is 6.79 Å². The highest BCUT2D eigenvalue weighted by molar-refractivity contribution is 5.98. The van der Waals surface area contributed by atoms with Crippen LogP contribution in [-0.2, 0) is 4.79 Å². The smallest absolute Gasteiger partial charge is 0.262 e. The number of nitrogens with zero attached hydrogens (tertiary/aromatic N) is 1. The average Bonchev–Trinajstić information content (AvgIpc) is 3.21. The van der Waals surface area contributed by atoms with Gasteiger partial charge in [0.1, 0.15) is 6.04 Å². The zero-order chi connectivity index (χ0) is 22.4. The summed E-state index contributed by atoms with van der Waals surface area (Å²) in [5, 5.41) is 16.4. The molecule has 2 aromatic rings. The molecular weight excluding hydrogens is 402 g/mol. The first-order valence-corrected chi connectivity index (χ1v) is 9.88. The Morgan fingerprint density at radius 3 is 2.71 bits per heavy atom. The molecule has 0 aromatic heterocycles. The molecule has 0 saturated carbocycles. The van der Waals surface area contributed by atoms with Crippen molar-refractivity contribution < 1.29 is 28.9 Å². The number of amides is 2. The summed E-state index contributed by atoms with van der Waals surface area (Å²) in [6.45, 7) is 5.97. The molecule has 2 aromatic carbocycles. The van der Waals surface area contributed by atoms with E-state index in [4.69, 9.17) is 14.2 Å². The van der Waals surface area contributed by atoms with Gasteiger partial charge < -0.3 is 24.6 Å². The maximum Gasteiger partial charge on any atom is 0.262 e. The van der Waals surface area contributed by atoms with Gasteiger partial charge in [0.25, 0.3) is 11.8 Å². The molecule has 0 aliphatic carbocycles. The zero-order valence-electron chi connectivity index (χ0n) is 17.5. The van der Waals surface area contributed by atoms with Gasteiger partial charge >= 0.3 is 0 Å². The van der Waals surface area contributed by atoms with Gasteiger partial charge in [-0.2, -0.15) is 5.10 Å². The predicted molar refractivity (Wildman–Crippen MR) is 114 cm³/mol. The van der Waals surface area contributed by atoms with Gasteiger partial charge in [0.05, 0.1) is 12.8 Å². The standard InChI is InChI=1S/C22H25N3O6/c1-4-29-18-9-14(5-7-16(18)26)11-23-25-22(28)20(13(2)3)24-21(27)15-6-8-17-19(10-15)31-12-30-17/h5-11,13,20,26H,4,12H2,1-3H3,(H,24,27)(H,25,28)/b23-11+. The van der Waals surface area contributed by atoms with Gasteiger partial charge in [0.15, 0.2) is 23.0 Å². The highest BCUT2D eigenvalue weighted by Gasteiger charge is 2.25. The minimum atomic E-state index is -0.797. The summed E-state index contributed by atoms with van der Waals surface area (Å²) in [4.78, 5) is 25.2. The second-order valence-corrected chi connectivity index (χ2v) is 7.16. The molecule has 0 fully saturated rings. The highest BCUT2D eigenvalue weighted by Crippen LogP contribution is 2.32. The fourth-order valence-corrected chi connectivity index (χ4v) is 2.92. The minimum absolute atomic E-state index is 0.0223. The van der Waals surface area contributed by atoms with Crippen LogP contribution < -0.4 is 25.0 Å². The Morgan fingerprint density at radius 1 is 1.19 bits per heavy atom. The molecule has 1 heterocycles. The van der Waals surface area contributed by atoms with E-state index < -0.39 is 17.9 Å². The lowest BCUT2D eigenvalue weighted by molar-refractivity contribution is -0.123. The van der Waals surface area contributed by atoms with Crippen LogP contribution in [0.5, 0.6) is 23.0 Å². The van der Waals surface area contributed by atoms with Crippen LogP contribution in [0.3, 0.4) is 0 Å². The molecule has 9 nitrogen and oxygen atoms in total. The number of benzene rings is 2. The molecular formula is C22H25N3O6. The molecule has 0 saturated heterocycles. The summed E-state index contributed by atoms with van der Waals surface area (Å²) in [6, 6.07) is 8.76. The molecule has 3 N–H and O–H groups in total. The number of hydrogen-bond donors (Lipinski definition) is 3. The summed E-state index contributed by atoms with van der Waals surface area (Å²) in [7, 11) is 0. The third kappa shape index (κ3) is 5.44. The number of phenols is 1. The van der Waals surface area contributed by atoms with Crippen molar-refractivity contribution in [3.8, 4) is 23.0 Å². The third-order valence-corrected chi connectivity index (χ3v) is 4.54. The van der Waals surface area contributed by atoms with Crippen molar-refractivity contribution in [1.29, 1.82) is 0 Å². The van der Waals surface area contributed by atoms with Crippen molar-refractivity contribution in [2.45, 2.75) is 26.8 Å². The third-order valence-electron chi connectivity index (χ3n) is 4.54. The summed E-state index contributed by atoms with van der Waals surface area (Å²) in [5.74, 6) is 0.378. The first kappa shape index (κ1) is 21.9. The van der Waals surface area contributed by atoms with Crippen molar-refractivity contribution in [1.82, 2.24) is 10.7 Å². The fourth-order valence-electron chi connectivity index (χ4n) is 2.92. The van der Waals surface area contributed by atoms with Crippen LogP contribution >= 0.6 is 0 Å². The number of carbonyl (C=O) groups excluding carboxylic acids is 2. The van der Waals surface area contributed by atoms with Crippen LogP contribution in [0, 0.1) is 5.92 Å². The molecule has 31 heavy (non-hydrogen) atoms. The van der Waals surface area contributed by atoms with Crippen LogP contribution in [0.1, 0.15) is 36.7 Å². The second-order valence-electron chi connectivity index (χ2n) is 7.16. The normalized spacial score (nSPS) is 13.3. The summed E-state index contributed by atoms with van der Waals surface area (Å²) < 4.78 is 15.9. The largest absolute Gasteiger partial charge is 0.504 e. The van der Waals surface area contributed by atoms with E-state index in [-0.39, 0.29) is 18.5 Å². The molecule has 9 heteroatoms.